The summed E-state index contributed by atoms with van der Waals surface area (Å²) in [6.45, 7) is 1.57. The summed E-state index contributed by atoms with van der Waals surface area (Å²) < 4.78 is 38.1. The number of carbonyl (C=O) groups excluding carboxylic acids is 1. The molecule has 108 valence electrons. The Labute approximate surface area is 107 Å². The zero-order valence-corrected chi connectivity index (χ0v) is 10.4. The molecule has 1 aliphatic carbocycles. The highest BCUT2D eigenvalue weighted by molar-refractivity contribution is 5.80. The van der Waals surface area contributed by atoms with E-state index in [-0.39, 0.29) is 32.4 Å². The summed E-state index contributed by atoms with van der Waals surface area (Å²) in [4.78, 5) is 23.9. The molecule has 5 nitrogen and oxygen atoms in total. The summed E-state index contributed by atoms with van der Waals surface area (Å²) in [5.41, 5.74) is -3.18. The molecule has 2 amide bonds. The summed E-state index contributed by atoms with van der Waals surface area (Å²) in [6, 6.07) is -0.834. The average molecular weight is 280 g/mol. The summed E-state index contributed by atoms with van der Waals surface area (Å²) in [6.07, 6.45) is -4.45. The number of amides is 2. The van der Waals surface area contributed by atoms with Gasteiger partial charge < -0.3 is 15.3 Å². The Morgan fingerprint density at radius 1 is 1.26 bits per heavy atom. The van der Waals surface area contributed by atoms with E-state index in [1.165, 1.54) is 6.92 Å². The fourth-order valence-electron chi connectivity index (χ4n) is 2.20. The molecule has 0 spiro atoms. The van der Waals surface area contributed by atoms with Gasteiger partial charge in [-0.1, -0.05) is 0 Å². The predicted octanol–water partition coefficient (Wildman–Crippen LogP) is 1.59. The Bertz CT molecular complexity index is 420. The van der Waals surface area contributed by atoms with E-state index in [2.05, 4.69) is 0 Å². The topological polar surface area (TPSA) is 69.6 Å². The van der Waals surface area contributed by atoms with Gasteiger partial charge in [0.05, 0.1) is 5.41 Å². The molecule has 1 unspecified atom stereocenters. The minimum Gasteiger partial charge on any atom is -0.481 e. The van der Waals surface area contributed by atoms with E-state index in [0.717, 1.165) is 4.90 Å². The molecule has 2 rings (SSSR count). The van der Waals surface area contributed by atoms with Gasteiger partial charge in [-0.3, -0.25) is 4.79 Å². The van der Waals surface area contributed by atoms with Crippen molar-refractivity contribution >= 4 is 12.0 Å². The van der Waals surface area contributed by atoms with E-state index in [9.17, 15) is 22.8 Å². The molecule has 1 saturated heterocycles. The van der Waals surface area contributed by atoms with Crippen molar-refractivity contribution in [1.29, 1.82) is 0 Å². The fourth-order valence-corrected chi connectivity index (χ4v) is 2.20. The molecule has 2 N–H and O–H groups in total. The number of hydrogen-bond acceptors (Lipinski definition) is 2. The highest BCUT2D eigenvalue weighted by atomic mass is 19.4. The SMILES string of the molecule is CC1(C(=O)O)CCN(C(=O)NC2(C(F)(F)F)CC2)C1. The Hall–Kier alpha value is -1.47. The monoisotopic (exact) mass is 280 g/mol. The number of rotatable bonds is 2. The Balaban J connectivity index is 1.98. The van der Waals surface area contributed by atoms with Crippen molar-refractivity contribution in [3.63, 3.8) is 0 Å². The van der Waals surface area contributed by atoms with Crippen molar-refractivity contribution < 1.29 is 27.9 Å². The highest BCUT2D eigenvalue weighted by Crippen LogP contribution is 2.49. The number of carboxylic acid groups (broad SMARTS) is 1. The van der Waals surface area contributed by atoms with Gasteiger partial charge in [0.25, 0.3) is 0 Å². The molecule has 1 aliphatic heterocycles. The Morgan fingerprint density at radius 3 is 2.21 bits per heavy atom. The quantitative estimate of drug-likeness (QED) is 0.807. The van der Waals surface area contributed by atoms with Crippen molar-refractivity contribution in [2.45, 2.75) is 37.9 Å². The zero-order chi connectivity index (χ0) is 14.5. The van der Waals surface area contributed by atoms with Crippen LogP contribution in [0, 0.1) is 5.41 Å². The lowest BCUT2D eigenvalue weighted by Crippen LogP contribution is -2.52. The first-order valence-corrected chi connectivity index (χ1v) is 5.97. The molecule has 0 aromatic rings. The van der Waals surface area contributed by atoms with Crippen LogP contribution in [0.4, 0.5) is 18.0 Å². The molecule has 2 aliphatic rings. The number of carboxylic acids is 1. The molecule has 0 aromatic heterocycles. The van der Waals surface area contributed by atoms with Crippen LogP contribution in [0.5, 0.6) is 0 Å². The number of halogens is 3. The van der Waals surface area contributed by atoms with E-state index < -0.39 is 29.1 Å². The van der Waals surface area contributed by atoms with Gasteiger partial charge in [-0.25, -0.2) is 4.79 Å². The van der Waals surface area contributed by atoms with Gasteiger partial charge in [-0.15, -0.1) is 0 Å². The normalized spacial score (nSPS) is 29.2. The maximum absolute atomic E-state index is 12.7. The maximum atomic E-state index is 12.7. The average Bonchev–Trinajstić information content (AvgIpc) is 2.94. The van der Waals surface area contributed by atoms with Crippen LogP contribution in [0.25, 0.3) is 0 Å². The van der Waals surface area contributed by atoms with E-state index in [4.69, 9.17) is 5.11 Å². The van der Waals surface area contributed by atoms with E-state index in [1.807, 2.05) is 5.32 Å². The number of aliphatic carboxylic acids is 1. The molecular weight excluding hydrogens is 265 g/mol. The van der Waals surface area contributed by atoms with Gasteiger partial charge in [0.2, 0.25) is 0 Å². The first kappa shape index (κ1) is 14.0. The number of nitrogens with zero attached hydrogens (tertiary/aromatic N) is 1. The van der Waals surface area contributed by atoms with Crippen molar-refractivity contribution in [3.05, 3.63) is 0 Å². The van der Waals surface area contributed by atoms with Crippen LogP contribution in [0.2, 0.25) is 0 Å². The van der Waals surface area contributed by atoms with Gasteiger partial charge in [0.1, 0.15) is 5.54 Å². The Kier molecular flexibility index (Phi) is 2.94. The van der Waals surface area contributed by atoms with Crippen molar-refractivity contribution in [3.8, 4) is 0 Å². The summed E-state index contributed by atoms with van der Waals surface area (Å²) in [7, 11) is 0. The minimum absolute atomic E-state index is 0.0674. The number of nitrogens with one attached hydrogen (secondary N) is 1. The van der Waals surface area contributed by atoms with Crippen LogP contribution in [-0.2, 0) is 4.79 Å². The summed E-state index contributed by atoms with van der Waals surface area (Å²) >= 11 is 0. The number of likely N-dealkylation sites (tertiary alicyclic amines) is 1. The second kappa shape index (κ2) is 4.01. The standard InChI is InChI=1S/C11H15F3N2O3/c1-9(7(17)18)4-5-16(6-9)8(19)15-10(2-3-10)11(12,13)14/h2-6H2,1H3,(H,15,19)(H,17,18). The molecule has 19 heavy (non-hydrogen) atoms. The molecule has 2 fully saturated rings. The van der Waals surface area contributed by atoms with Crippen LogP contribution in [-0.4, -0.2) is 46.8 Å². The first-order chi connectivity index (χ1) is 8.60. The van der Waals surface area contributed by atoms with Crippen LogP contribution in [0.1, 0.15) is 26.2 Å². The molecule has 0 aromatic carbocycles. The predicted molar refractivity (Wildman–Crippen MR) is 58.5 cm³/mol. The lowest BCUT2D eigenvalue weighted by atomic mass is 9.90. The van der Waals surface area contributed by atoms with Crippen molar-refractivity contribution in [1.82, 2.24) is 10.2 Å². The smallest absolute Gasteiger partial charge is 0.411 e. The molecule has 0 bridgehead atoms. The lowest BCUT2D eigenvalue weighted by molar-refractivity contribution is -0.163. The molecule has 0 radical (unpaired) electrons. The number of alkyl halides is 3. The van der Waals surface area contributed by atoms with Crippen molar-refractivity contribution in [2.24, 2.45) is 5.41 Å². The molecular formula is C11H15F3N2O3. The van der Waals surface area contributed by atoms with Crippen LogP contribution in [0.3, 0.4) is 0 Å². The number of hydrogen-bond donors (Lipinski definition) is 2. The number of urea groups is 1. The second-order valence-electron chi connectivity index (χ2n) is 5.55. The Morgan fingerprint density at radius 2 is 1.84 bits per heavy atom. The maximum Gasteiger partial charge on any atom is 0.411 e. The van der Waals surface area contributed by atoms with Crippen LogP contribution < -0.4 is 5.32 Å². The van der Waals surface area contributed by atoms with E-state index in [0.29, 0.717) is 0 Å². The third kappa shape index (κ3) is 2.35. The zero-order valence-electron chi connectivity index (χ0n) is 10.4. The van der Waals surface area contributed by atoms with E-state index in [1.54, 1.807) is 0 Å². The van der Waals surface area contributed by atoms with Crippen molar-refractivity contribution in [2.75, 3.05) is 13.1 Å². The minimum atomic E-state index is -4.46. The van der Waals surface area contributed by atoms with Gasteiger partial charge >= 0.3 is 18.2 Å². The lowest BCUT2D eigenvalue weighted by Gasteiger charge is -2.25. The molecule has 8 heteroatoms. The highest BCUT2D eigenvalue weighted by Gasteiger charge is 2.64. The van der Waals surface area contributed by atoms with Gasteiger partial charge in [0, 0.05) is 13.1 Å². The fraction of sp³-hybridized carbons (Fsp3) is 0.818. The molecule has 1 atom stereocenters. The second-order valence-corrected chi connectivity index (χ2v) is 5.55. The number of carbonyl (C=O) groups is 2. The van der Waals surface area contributed by atoms with Gasteiger partial charge in [-0.2, -0.15) is 13.2 Å². The van der Waals surface area contributed by atoms with Gasteiger partial charge in [0.15, 0.2) is 0 Å². The third-order valence-corrected chi connectivity index (χ3v) is 3.92. The summed E-state index contributed by atoms with van der Waals surface area (Å²) in [5.74, 6) is -1.04. The third-order valence-electron chi connectivity index (χ3n) is 3.92. The largest absolute Gasteiger partial charge is 0.481 e. The first-order valence-electron chi connectivity index (χ1n) is 5.97. The van der Waals surface area contributed by atoms with Gasteiger partial charge in [-0.05, 0) is 26.2 Å². The van der Waals surface area contributed by atoms with Crippen LogP contribution in [0.15, 0.2) is 0 Å². The molecule has 1 heterocycles. The van der Waals surface area contributed by atoms with Crippen LogP contribution >= 0.6 is 0 Å². The summed E-state index contributed by atoms with van der Waals surface area (Å²) in [5, 5.41) is 11.0. The molecule has 1 saturated carbocycles. The van der Waals surface area contributed by atoms with E-state index >= 15 is 0 Å².